The van der Waals surface area contributed by atoms with Crippen molar-refractivity contribution < 1.29 is 19.4 Å². The van der Waals surface area contributed by atoms with E-state index in [1.54, 1.807) is 28.8 Å². The fourth-order valence-corrected chi connectivity index (χ4v) is 5.19. The number of carbonyl (C=O) groups is 2. The van der Waals surface area contributed by atoms with E-state index in [1.807, 2.05) is 42.8 Å². The molecule has 0 saturated carbocycles. The van der Waals surface area contributed by atoms with Crippen molar-refractivity contribution in [3.05, 3.63) is 59.4 Å². The number of piperidine rings is 1. The van der Waals surface area contributed by atoms with E-state index in [-0.39, 0.29) is 23.7 Å². The molecule has 0 unspecified atom stereocenters. The van der Waals surface area contributed by atoms with Gasteiger partial charge >= 0.3 is 6.09 Å². The molecule has 2 amide bonds. The van der Waals surface area contributed by atoms with Gasteiger partial charge in [0.1, 0.15) is 22.1 Å². The maximum atomic E-state index is 13.5. The lowest BCUT2D eigenvalue weighted by Gasteiger charge is -2.31. The standard InChI is InChI=1S/C25H27N7O4S/c1-15(16-3-5-18(36-2)6-4-16)27-21-13-20(23(33)31-9-7-17(8-10-31)28-25(34)35)29-22(30-21)19-14-26-32-11-12-37-24(19)32/h3-6,11-15,17,28H,7-10H2,1-2H3,(H,34,35)(H,27,29,30)/t15-/m1/s1. The normalized spacial score (nSPS) is 14.9. The molecule has 12 heteroatoms. The van der Waals surface area contributed by atoms with Gasteiger partial charge in [0.05, 0.1) is 18.9 Å². The molecule has 3 aromatic heterocycles. The molecule has 1 aliphatic rings. The Balaban J connectivity index is 1.43. The van der Waals surface area contributed by atoms with Gasteiger partial charge in [-0.1, -0.05) is 12.1 Å². The van der Waals surface area contributed by atoms with Gasteiger partial charge in [-0.3, -0.25) is 4.79 Å². The molecule has 37 heavy (non-hydrogen) atoms. The van der Waals surface area contributed by atoms with Crippen molar-refractivity contribution in [1.82, 2.24) is 29.8 Å². The van der Waals surface area contributed by atoms with Crippen LogP contribution in [0.1, 0.15) is 41.9 Å². The molecule has 5 rings (SSSR count). The van der Waals surface area contributed by atoms with E-state index in [0.717, 1.165) is 21.7 Å². The van der Waals surface area contributed by atoms with Gasteiger partial charge in [0.25, 0.3) is 5.91 Å². The van der Waals surface area contributed by atoms with Gasteiger partial charge in [0, 0.05) is 42.8 Å². The average molecular weight is 522 g/mol. The van der Waals surface area contributed by atoms with Crippen molar-refractivity contribution in [3.63, 3.8) is 0 Å². The molecule has 3 N–H and O–H groups in total. The second-order valence-electron chi connectivity index (χ2n) is 8.83. The molecule has 1 aromatic carbocycles. The number of anilines is 1. The summed E-state index contributed by atoms with van der Waals surface area (Å²) in [5, 5.41) is 21.2. The Kier molecular flexibility index (Phi) is 6.91. The number of aromatic nitrogens is 4. The number of likely N-dealkylation sites (tertiary alicyclic amines) is 1. The van der Waals surface area contributed by atoms with Crippen molar-refractivity contribution in [1.29, 1.82) is 0 Å². The topological polar surface area (TPSA) is 134 Å². The number of hydrogen-bond acceptors (Lipinski definition) is 8. The fourth-order valence-electron chi connectivity index (χ4n) is 4.39. The number of ether oxygens (including phenoxy) is 1. The van der Waals surface area contributed by atoms with Crippen LogP contribution >= 0.6 is 11.3 Å². The number of fused-ring (bicyclic) bond motifs is 1. The summed E-state index contributed by atoms with van der Waals surface area (Å²) in [5.41, 5.74) is 2.05. The molecule has 192 valence electrons. The smallest absolute Gasteiger partial charge is 0.404 e. The van der Waals surface area contributed by atoms with Crippen LogP contribution in [0, 0.1) is 0 Å². The van der Waals surface area contributed by atoms with E-state index < -0.39 is 6.09 Å². The van der Waals surface area contributed by atoms with E-state index in [2.05, 4.69) is 20.7 Å². The van der Waals surface area contributed by atoms with Gasteiger partial charge < -0.3 is 25.4 Å². The summed E-state index contributed by atoms with van der Waals surface area (Å²) in [5.74, 6) is 1.49. The molecule has 0 spiro atoms. The number of carbonyl (C=O) groups excluding carboxylic acids is 1. The quantitative estimate of drug-likeness (QED) is 0.333. The summed E-state index contributed by atoms with van der Waals surface area (Å²) in [6.07, 6.45) is 3.62. The Morgan fingerprint density at radius 3 is 2.65 bits per heavy atom. The second-order valence-corrected chi connectivity index (χ2v) is 9.72. The van der Waals surface area contributed by atoms with Crippen molar-refractivity contribution in [2.45, 2.75) is 31.8 Å². The van der Waals surface area contributed by atoms with E-state index in [1.165, 1.54) is 11.3 Å². The predicted molar refractivity (Wildman–Crippen MR) is 139 cm³/mol. The first-order valence-corrected chi connectivity index (χ1v) is 12.8. The first-order chi connectivity index (χ1) is 17.9. The van der Waals surface area contributed by atoms with E-state index >= 15 is 0 Å². The molecule has 11 nitrogen and oxygen atoms in total. The highest BCUT2D eigenvalue weighted by Gasteiger charge is 2.27. The minimum atomic E-state index is -1.05. The molecule has 0 aliphatic carbocycles. The van der Waals surface area contributed by atoms with E-state index in [0.29, 0.717) is 37.6 Å². The number of hydrogen-bond donors (Lipinski definition) is 3. The molecule has 1 saturated heterocycles. The summed E-state index contributed by atoms with van der Waals surface area (Å²) in [4.78, 5) is 36.4. The number of benzene rings is 1. The van der Waals surface area contributed by atoms with Crippen LogP contribution < -0.4 is 15.4 Å². The zero-order valence-corrected chi connectivity index (χ0v) is 21.2. The average Bonchev–Trinajstić information content (AvgIpc) is 3.52. The zero-order chi connectivity index (χ0) is 25.9. The van der Waals surface area contributed by atoms with Crippen LogP contribution in [-0.4, -0.2) is 67.8 Å². The number of nitrogens with zero attached hydrogens (tertiary/aromatic N) is 5. The summed E-state index contributed by atoms with van der Waals surface area (Å²) in [7, 11) is 1.63. The second kappa shape index (κ2) is 10.4. The molecule has 0 bridgehead atoms. The maximum absolute atomic E-state index is 13.5. The van der Waals surface area contributed by atoms with Crippen LogP contribution in [0.3, 0.4) is 0 Å². The third kappa shape index (κ3) is 5.33. The third-order valence-electron chi connectivity index (χ3n) is 6.41. The number of amides is 2. The highest BCUT2D eigenvalue weighted by atomic mass is 32.1. The van der Waals surface area contributed by atoms with Crippen LogP contribution in [0.2, 0.25) is 0 Å². The Morgan fingerprint density at radius 1 is 1.19 bits per heavy atom. The Hall–Kier alpha value is -4.19. The first-order valence-electron chi connectivity index (χ1n) is 11.9. The van der Waals surface area contributed by atoms with Crippen molar-refractivity contribution >= 4 is 34.0 Å². The van der Waals surface area contributed by atoms with Crippen LogP contribution in [0.5, 0.6) is 5.75 Å². The Labute approximate surface area is 217 Å². The summed E-state index contributed by atoms with van der Waals surface area (Å²) in [6.45, 7) is 2.90. The number of thiazole rings is 1. The first kappa shape index (κ1) is 24.5. The highest BCUT2D eigenvalue weighted by Crippen LogP contribution is 2.28. The Morgan fingerprint density at radius 2 is 1.95 bits per heavy atom. The summed E-state index contributed by atoms with van der Waals surface area (Å²) in [6, 6.07) is 9.17. The van der Waals surface area contributed by atoms with E-state index in [9.17, 15) is 9.59 Å². The SMILES string of the molecule is COc1ccc([C@@H](C)Nc2cc(C(=O)N3CCC(NC(=O)O)CC3)nc(-c3cnn4ccsc34)n2)cc1. The highest BCUT2D eigenvalue weighted by molar-refractivity contribution is 7.16. The lowest BCUT2D eigenvalue weighted by atomic mass is 10.0. The Bertz CT molecular complexity index is 1410. The van der Waals surface area contributed by atoms with Gasteiger partial charge in [-0.2, -0.15) is 5.10 Å². The van der Waals surface area contributed by atoms with Crippen LogP contribution in [-0.2, 0) is 0 Å². The molecule has 1 atom stereocenters. The maximum Gasteiger partial charge on any atom is 0.404 e. The van der Waals surface area contributed by atoms with Gasteiger partial charge in [-0.15, -0.1) is 11.3 Å². The number of rotatable bonds is 7. The van der Waals surface area contributed by atoms with Crippen LogP contribution in [0.4, 0.5) is 10.6 Å². The van der Waals surface area contributed by atoms with Gasteiger partial charge in [-0.05, 0) is 37.5 Å². The third-order valence-corrected chi connectivity index (χ3v) is 7.30. The van der Waals surface area contributed by atoms with Gasteiger partial charge in [0.15, 0.2) is 5.82 Å². The molecule has 4 heterocycles. The lowest BCUT2D eigenvalue weighted by Crippen LogP contribution is -2.46. The number of nitrogens with one attached hydrogen (secondary N) is 2. The van der Waals surface area contributed by atoms with Crippen molar-refractivity contribution in [3.8, 4) is 17.1 Å². The van der Waals surface area contributed by atoms with Gasteiger partial charge in [-0.25, -0.2) is 19.3 Å². The predicted octanol–water partition coefficient (Wildman–Crippen LogP) is 3.91. The van der Waals surface area contributed by atoms with Crippen molar-refractivity contribution in [2.24, 2.45) is 0 Å². The van der Waals surface area contributed by atoms with Crippen LogP contribution in [0.25, 0.3) is 16.2 Å². The number of methoxy groups -OCH3 is 1. The molecular formula is C25H27N7O4S. The largest absolute Gasteiger partial charge is 0.497 e. The van der Waals surface area contributed by atoms with Crippen molar-refractivity contribution in [2.75, 3.05) is 25.5 Å². The molecule has 1 fully saturated rings. The van der Waals surface area contributed by atoms with E-state index in [4.69, 9.17) is 14.8 Å². The minimum absolute atomic E-state index is 0.0941. The lowest BCUT2D eigenvalue weighted by molar-refractivity contribution is 0.0700. The molecule has 1 aliphatic heterocycles. The summed E-state index contributed by atoms with van der Waals surface area (Å²) >= 11 is 1.52. The minimum Gasteiger partial charge on any atom is -0.497 e. The molecule has 0 radical (unpaired) electrons. The number of carboxylic acid groups (broad SMARTS) is 1. The van der Waals surface area contributed by atoms with Gasteiger partial charge in [0.2, 0.25) is 0 Å². The fraction of sp³-hybridized carbons (Fsp3) is 0.320. The summed E-state index contributed by atoms with van der Waals surface area (Å²) < 4.78 is 7.01. The van der Waals surface area contributed by atoms with Crippen LogP contribution in [0.15, 0.2) is 48.1 Å². The molecule has 4 aromatic rings. The zero-order valence-electron chi connectivity index (χ0n) is 20.4. The monoisotopic (exact) mass is 521 g/mol. The molecular weight excluding hydrogens is 494 g/mol.